The molecule has 0 aliphatic heterocycles. The van der Waals surface area contributed by atoms with Crippen LogP contribution in [0.15, 0.2) is 64.0 Å². The summed E-state index contributed by atoms with van der Waals surface area (Å²) in [7, 11) is 0. The molecule has 0 aliphatic rings. The molecule has 0 N–H and O–H groups in total. The van der Waals surface area contributed by atoms with Gasteiger partial charge in [-0.2, -0.15) is 4.74 Å². The predicted molar refractivity (Wildman–Crippen MR) is 82.1 cm³/mol. The fraction of sp³-hybridized carbons (Fsp3) is 0.0588. The van der Waals surface area contributed by atoms with Gasteiger partial charge in [0.25, 0.3) is 0 Å². The highest BCUT2D eigenvalue weighted by atomic mass is 16.5. The van der Waals surface area contributed by atoms with Crippen LogP contribution in [0, 0.1) is 12.1 Å². The average molecular weight is 279 g/mol. The van der Waals surface area contributed by atoms with Crippen LogP contribution in [0.2, 0.25) is 0 Å². The molecule has 0 amide bonds. The Labute approximate surface area is 121 Å². The highest BCUT2D eigenvalue weighted by Gasteiger charge is 2.09. The quantitative estimate of drug-likeness (QED) is 0.313. The number of aryl methyl sites for hydroxylation is 1. The molecular formula is C17H13NO3. The molecule has 0 saturated heterocycles. The first-order chi connectivity index (χ1) is 10.1. The lowest BCUT2D eigenvalue weighted by Crippen LogP contribution is -2.11. The number of hydrogen-bond acceptors (Lipinski definition) is 3. The van der Waals surface area contributed by atoms with Crippen LogP contribution in [0.25, 0.3) is 11.0 Å². The second-order valence-electron chi connectivity index (χ2n) is 4.81. The lowest BCUT2D eigenvalue weighted by atomic mass is 10.1. The zero-order valence-corrected chi connectivity index (χ0v) is 11.4. The van der Waals surface area contributed by atoms with Gasteiger partial charge in [0.15, 0.2) is 6.21 Å². The fourth-order valence-electron chi connectivity index (χ4n) is 2.12. The van der Waals surface area contributed by atoms with Gasteiger partial charge in [0.1, 0.15) is 17.4 Å². The minimum atomic E-state index is -0.211. The lowest BCUT2D eigenvalue weighted by molar-refractivity contribution is -0.354. The number of hydrogen-bond donors (Lipinski definition) is 0. The predicted octanol–water partition coefficient (Wildman–Crippen LogP) is 3.36. The van der Waals surface area contributed by atoms with Crippen molar-refractivity contribution in [1.29, 1.82) is 0 Å². The van der Waals surface area contributed by atoms with Crippen molar-refractivity contribution in [3.63, 3.8) is 0 Å². The Balaban J connectivity index is 2.13. The van der Waals surface area contributed by atoms with Gasteiger partial charge in [0.2, 0.25) is 11.1 Å². The molecule has 0 aliphatic carbocycles. The molecule has 0 spiro atoms. The summed E-state index contributed by atoms with van der Waals surface area (Å²) in [5.74, 6) is 0. The zero-order chi connectivity index (χ0) is 14.8. The first-order valence-electron chi connectivity index (χ1n) is 6.53. The van der Waals surface area contributed by atoms with E-state index in [0.717, 1.165) is 5.56 Å². The minimum Gasteiger partial charge on any atom is -0.618 e. The molecule has 2 aromatic carbocycles. The molecule has 3 aromatic rings. The summed E-state index contributed by atoms with van der Waals surface area (Å²) in [5, 5.41) is 12.5. The van der Waals surface area contributed by atoms with Crippen molar-refractivity contribution in [3.8, 4) is 0 Å². The van der Waals surface area contributed by atoms with Gasteiger partial charge < -0.3 is 9.62 Å². The molecule has 0 unspecified atom stereocenters. The highest BCUT2D eigenvalue weighted by Crippen LogP contribution is 2.13. The van der Waals surface area contributed by atoms with Crippen molar-refractivity contribution in [2.24, 2.45) is 0 Å². The standard InChI is InChI=1S/C17H13NO3/c1-12-7-8-16-15(9-12)17(19)13(11-21-16)10-18(20)14-5-3-2-4-6-14/h2-11H,1H3/b18-10-. The van der Waals surface area contributed by atoms with Gasteiger partial charge in [0.05, 0.1) is 5.39 Å². The van der Waals surface area contributed by atoms with E-state index in [-0.39, 0.29) is 11.0 Å². The first kappa shape index (κ1) is 13.1. The molecule has 0 bridgehead atoms. The molecule has 1 aromatic heterocycles. The normalized spacial score (nSPS) is 11.8. The minimum absolute atomic E-state index is 0.211. The molecular weight excluding hydrogens is 266 g/mol. The zero-order valence-electron chi connectivity index (χ0n) is 11.4. The molecule has 0 fully saturated rings. The Morgan fingerprint density at radius 1 is 1.14 bits per heavy atom. The summed E-state index contributed by atoms with van der Waals surface area (Å²) in [4.78, 5) is 12.4. The summed E-state index contributed by atoms with van der Waals surface area (Å²) in [6.07, 6.45) is 2.55. The Hall–Kier alpha value is -2.88. The highest BCUT2D eigenvalue weighted by molar-refractivity contribution is 5.85. The van der Waals surface area contributed by atoms with Crippen molar-refractivity contribution in [2.75, 3.05) is 0 Å². The van der Waals surface area contributed by atoms with Crippen molar-refractivity contribution >= 4 is 22.9 Å². The maximum Gasteiger partial charge on any atom is 0.216 e. The van der Waals surface area contributed by atoms with Gasteiger partial charge in [-0.05, 0) is 19.1 Å². The van der Waals surface area contributed by atoms with Crippen LogP contribution < -0.4 is 5.43 Å². The molecule has 21 heavy (non-hydrogen) atoms. The van der Waals surface area contributed by atoms with Crippen LogP contribution in [0.4, 0.5) is 5.69 Å². The van der Waals surface area contributed by atoms with Crippen molar-refractivity contribution < 1.29 is 9.16 Å². The van der Waals surface area contributed by atoms with Gasteiger partial charge in [-0.1, -0.05) is 29.8 Å². The smallest absolute Gasteiger partial charge is 0.216 e. The first-order valence-corrected chi connectivity index (χ1v) is 6.53. The van der Waals surface area contributed by atoms with E-state index in [0.29, 0.717) is 21.4 Å². The molecule has 1 heterocycles. The third-order valence-corrected chi connectivity index (χ3v) is 3.22. The summed E-state index contributed by atoms with van der Waals surface area (Å²) in [6, 6.07) is 14.1. The number of fused-ring (bicyclic) bond motifs is 1. The van der Waals surface area contributed by atoms with Crippen LogP contribution in [0.5, 0.6) is 0 Å². The second-order valence-corrected chi connectivity index (χ2v) is 4.81. The molecule has 0 saturated carbocycles. The molecule has 0 atom stereocenters. The van der Waals surface area contributed by atoms with E-state index in [1.807, 2.05) is 19.1 Å². The topological polar surface area (TPSA) is 56.3 Å². The van der Waals surface area contributed by atoms with E-state index in [1.165, 1.54) is 12.5 Å². The number of para-hydroxylation sites is 1. The third kappa shape index (κ3) is 2.56. The molecule has 4 heteroatoms. The fourth-order valence-corrected chi connectivity index (χ4v) is 2.12. The van der Waals surface area contributed by atoms with Crippen LogP contribution in [0.3, 0.4) is 0 Å². The van der Waals surface area contributed by atoms with Gasteiger partial charge in [0, 0.05) is 12.1 Å². The van der Waals surface area contributed by atoms with Gasteiger partial charge >= 0.3 is 0 Å². The van der Waals surface area contributed by atoms with E-state index >= 15 is 0 Å². The molecule has 0 radical (unpaired) electrons. The average Bonchev–Trinajstić information content (AvgIpc) is 2.51. The SMILES string of the molecule is Cc1ccc2occ(/C=[N+](\[O-])c3ccccc3)c(=O)c2c1. The van der Waals surface area contributed by atoms with E-state index < -0.39 is 0 Å². The Bertz CT molecular complexity index is 879. The van der Waals surface area contributed by atoms with Crippen molar-refractivity contribution in [2.45, 2.75) is 6.92 Å². The van der Waals surface area contributed by atoms with Crippen LogP contribution >= 0.6 is 0 Å². The molecule has 4 nitrogen and oxygen atoms in total. The van der Waals surface area contributed by atoms with E-state index in [1.54, 1.807) is 36.4 Å². The van der Waals surface area contributed by atoms with E-state index in [9.17, 15) is 10.0 Å². The Morgan fingerprint density at radius 2 is 1.90 bits per heavy atom. The van der Waals surface area contributed by atoms with Crippen molar-refractivity contribution in [3.05, 3.63) is 81.4 Å². The Kier molecular flexibility index (Phi) is 3.28. The molecule has 104 valence electrons. The van der Waals surface area contributed by atoms with Crippen molar-refractivity contribution in [1.82, 2.24) is 0 Å². The maximum absolute atomic E-state index is 12.4. The summed E-state index contributed by atoms with van der Waals surface area (Å²) >= 11 is 0. The summed E-state index contributed by atoms with van der Waals surface area (Å²) in [6.45, 7) is 1.90. The monoisotopic (exact) mass is 279 g/mol. The summed E-state index contributed by atoms with van der Waals surface area (Å²) < 4.78 is 6.08. The molecule has 3 rings (SSSR count). The van der Waals surface area contributed by atoms with Gasteiger partial charge in [-0.3, -0.25) is 4.79 Å². The van der Waals surface area contributed by atoms with Crippen LogP contribution in [-0.4, -0.2) is 11.0 Å². The van der Waals surface area contributed by atoms with Gasteiger partial charge in [-0.15, -0.1) is 0 Å². The largest absolute Gasteiger partial charge is 0.618 e. The van der Waals surface area contributed by atoms with E-state index in [2.05, 4.69) is 0 Å². The van der Waals surface area contributed by atoms with Crippen LogP contribution in [-0.2, 0) is 0 Å². The van der Waals surface area contributed by atoms with E-state index in [4.69, 9.17) is 4.42 Å². The number of rotatable bonds is 2. The third-order valence-electron chi connectivity index (χ3n) is 3.22. The maximum atomic E-state index is 12.4. The van der Waals surface area contributed by atoms with Gasteiger partial charge in [-0.25, -0.2) is 0 Å². The second kappa shape index (κ2) is 5.25. The number of nitrogens with zero attached hydrogens (tertiary/aromatic N) is 1. The lowest BCUT2D eigenvalue weighted by Gasteiger charge is -2.03. The van der Waals surface area contributed by atoms with Crippen LogP contribution in [0.1, 0.15) is 11.1 Å². The Morgan fingerprint density at radius 3 is 2.67 bits per heavy atom. The number of benzene rings is 2. The summed E-state index contributed by atoms with van der Waals surface area (Å²) in [5.41, 5.74) is 1.96.